The number of hydrogen-bond donors (Lipinski definition) is 1. The summed E-state index contributed by atoms with van der Waals surface area (Å²) in [5.41, 5.74) is 7.66. The number of methoxy groups -OCH3 is 1. The molecule has 3 rings (SSSR count). The van der Waals surface area contributed by atoms with Crippen molar-refractivity contribution in [1.29, 1.82) is 0 Å². The molecular formula is C14H16N4OS. The van der Waals surface area contributed by atoms with Crippen molar-refractivity contribution < 1.29 is 4.74 Å². The third kappa shape index (κ3) is 2.02. The molecular weight excluding hydrogens is 272 g/mol. The number of nitrogens with zero attached hydrogens (tertiary/aromatic N) is 3. The van der Waals surface area contributed by atoms with E-state index in [0.29, 0.717) is 11.8 Å². The summed E-state index contributed by atoms with van der Waals surface area (Å²) in [7, 11) is 1.61. The second-order valence-corrected chi connectivity index (χ2v) is 5.46. The van der Waals surface area contributed by atoms with Crippen LogP contribution in [0.4, 0.5) is 5.95 Å². The molecule has 0 saturated heterocycles. The first-order chi connectivity index (χ1) is 9.74. The van der Waals surface area contributed by atoms with Crippen LogP contribution in [0.25, 0.3) is 11.2 Å². The van der Waals surface area contributed by atoms with Crippen LogP contribution in [0.5, 0.6) is 5.88 Å². The highest BCUT2D eigenvalue weighted by Gasteiger charge is 2.20. The zero-order chi connectivity index (χ0) is 14.1. The number of fused-ring (bicyclic) bond motifs is 1. The van der Waals surface area contributed by atoms with Gasteiger partial charge in [-0.1, -0.05) is 13.0 Å². The lowest BCUT2D eigenvalue weighted by Gasteiger charge is -2.17. The highest BCUT2D eigenvalue weighted by Crippen LogP contribution is 2.32. The van der Waals surface area contributed by atoms with Crippen LogP contribution in [-0.4, -0.2) is 21.6 Å². The third-order valence-electron chi connectivity index (χ3n) is 3.32. The first kappa shape index (κ1) is 12.9. The molecule has 3 aromatic heterocycles. The Bertz CT molecular complexity index is 720. The Morgan fingerprint density at radius 3 is 2.85 bits per heavy atom. The molecule has 0 fully saturated rings. The Kier molecular flexibility index (Phi) is 3.31. The molecule has 3 heterocycles. The van der Waals surface area contributed by atoms with Gasteiger partial charge in [0.2, 0.25) is 11.8 Å². The molecule has 0 aromatic carbocycles. The first-order valence-corrected chi connectivity index (χ1v) is 7.34. The average molecular weight is 288 g/mol. The highest BCUT2D eigenvalue weighted by molar-refractivity contribution is 7.10. The smallest absolute Gasteiger partial charge is 0.215 e. The minimum atomic E-state index is 0.152. The number of aromatic nitrogens is 3. The Morgan fingerprint density at radius 1 is 1.35 bits per heavy atom. The molecule has 6 heteroatoms. The highest BCUT2D eigenvalue weighted by atomic mass is 32.1. The SMILES string of the molecule is CCC(c1cccs1)n1c(N)nc2ccc(OC)nc21. The van der Waals surface area contributed by atoms with Crippen molar-refractivity contribution in [2.75, 3.05) is 12.8 Å². The lowest BCUT2D eigenvalue weighted by atomic mass is 10.2. The Morgan fingerprint density at radius 2 is 2.20 bits per heavy atom. The fraction of sp³-hybridized carbons (Fsp3) is 0.286. The lowest BCUT2D eigenvalue weighted by molar-refractivity contribution is 0.398. The van der Waals surface area contributed by atoms with Crippen molar-refractivity contribution in [2.24, 2.45) is 0 Å². The van der Waals surface area contributed by atoms with Gasteiger partial charge < -0.3 is 10.5 Å². The van der Waals surface area contributed by atoms with Crippen LogP contribution in [0.3, 0.4) is 0 Å². The van der Waals surface area contributed by atoms with E-state index in [1.807, 2.05) is 16.7 Å². The van der Waals surface area contributed by atoms with E-state index < -0.39 is 0 Å². The van der Waals surface area contributed by atoms with E-state index in [1.165, 1.54) is 4.88 Å². The fourth-order valence-corrected chi connectivity index (χ4v) is 3.29. The van der Waals surface area contributed by atoms with Crippen molar-refractivity contribution in [3.8, 4) is 5.88 Å². The minimum absolute atomic E-state index is 0.152. The third-order valence-corrected chi connectivity index (χ3v) is 4.29. The first-order valence-electron chi connectivity index (χ1n) is 6.46. The number of nitrogens with two attached hydrogens (primary N) is 1. The summed E-state index contributed by atoms with van der Waals surface area (Å²) in [6, 6.07) is 8.00. The van der Waals surface area contributed by atoms with Gasteiger partial charge in [-0.2, -0.15) is 4.98 Å². The van der Waals surface area contributed by atoms with Gasteiger partial charge in [-0.05, 0) is 23.9 Å². The Hall–Kier alpha value is -2.08. The standard InChI is InChI=1S/C14H16N4OS/c1-3-10(11-5-4-8-20-11)18-13-9(16-14(18)15)6-7-12(17-13)19-2/h4-8,10H,3H2,1-2H3,(H2,15,16). The maximum Gasteiger partial charge on any atom is 0.215 e. The summed E-state index contributed by atoms with van der Waals surface area (Å²) >= 11 is 1.72. The van der Waals surface area contributed by atoms with E-state index in [4.69, 9.17) is 10.5 Å². The van der Waals surface area contributed by atoms with E-state index >= 15 is 0 Å². The molecule has 1 unspecified atom stereocenters. The van der Waals surface area contributed by atoms with Crippen LogP contribution in [0, 0.1) is 0 Å². The summed E-state index contributed by atoms with van der Waals surface area (Å²) in [5, 5.41) is 2.07. The summed E-state index contributed by atoms with van der Waals surface area (Å²) in [4.78, 5) is 10.1. The Labute approximate surface area is 121 Å². The van der Waals surface area contributed by atoms with Gasteiger partial charge in [0.15, 0.2) is 5.65 Å². The number of pyridine rings is 1. The van der Waals surface area contributed by atoms with Crippen LogP contribution in [0.1, 0.15) is 24.3 Å². The minimum Gasteiger partial charge on any atom is -0.481 e. The number of imidazole rings is 1. The summed E-state index contributed by atoms with van der Waals surface area (Å²) in [6.07, 6.45) is 0.926. The van der Waals surface area contributed by atoms with Gasteiger partial charge in [0, 0.05) is 10.9 Å². The predicted molar refractivity (Wildman–Crippen MR) is 81.2 cm³/mol. The van der Waals surface area contributed by atoms with Crippen molar-refractivity contribution in [2.45, 2.75) is 19.4 Å². The number of rotatable bonds is 4. The maximum absolute atomic E-state index is 6.10. The molecule has 3 aromatic rings. The van der Waals surface area contributed by atoms with Gasteiger partial charge >= 0.3 is 0 Å². The number of thiophene rings is 1. The largest absolute Gasteiger partial charge is 0.481 e. The number of anilines is 1. The molecule has 0 spiro atoms. The van der Waals surface area contributed by atoms with Gasteiger partial charge in [0.25, 0.3) is 0 Å². The van der Waals surface area contributed by atoms with E-state index in [2.05, 4.69) is 28.3 Å². The van der Waals surface area contributed by atoms with Crippen molar-refractivity contribution >= 4 is 28.4 Å². The van der Waals surface area contributed by atoms with Gasteiger partial charge in [-0.3, -0.25) is 4.57 Å². The van der Waals surface area contributed by atoms with Crippen LogP contribution in [-0.2, 0) is 0 Å². The van der Waals surface area contributed by atoms with Crippen LogP contribution < -0.4 is 10.5 Å². The lowest BCUT2D eigenvalue weighted by Crippen LogP contribution is -2.12. The molecule has 0 radical (unpaired) electrons. The maximum atomic E-state index is 6.10. The zero-order valence-corrected chi connectivity index (χ0v) is 12.2. The molecule has 104 valence electrons. The molecule has 20 heavy (non-hydrogen) atoms. The monoisotopic (exact) mass is 288 g/mol. The van der Waals surface area contributed by atoms with Gasteiger partial charge in [0.05, 0.1) is 13.2 Å². The van der Waals surface area contributed by atoms with E-state index in [0.717, 1.165) is 17.6 Å². The molecule has 0 aliphatic rings. The second kappa shape index (κ2) is 5.13. The van der Waals surface area contributed by atoms with Crippen LogP contribution in [0.2, 0.25) is 0 Å². The zero-order valence-electron chi connectivity index (χ0n) is 11.4. The molecule has 2 N–H and O–H groups in total. The summed E-state index contributed by atoms with van der Waals surface area (Å²) in [5.74, 6) is 1.06. The molecule has 1 atom stereocenters. The normalized spacial score (nSPS) is 12.7. The molecule has 0 bridgehead atoms. The number of ether oxygens (including phenoxy) is 1. The fourth-order valence-electron chi connectivity index (χ4n) is 2.39. The quantitative estimate of drug-likeness (QED) is 0.801. The molecule has 5 nitrogen and oxygen atoms in total. The van der Waals surface area contributed by atoms with Gasteiger partial charge in [-0.25, -0.2) is 4.98 Å². The number of hydrogen-bond acceptors (Lipinski definition) is 5. The van der Waals surface area contributed by atoms with E-state index in [9.17, 15) is 0 Å². The molecule has 0 amide bonds. The predicted octanol–water partition coefficient (Wildman–Crippen LogP) is 3.08. The van der Waals surface area contributed by atoms with Crippen molar-refractivity contribution in [3.63, 3.8) is 0 Å². The summed E-state index contributed by atoms with van der Waals surface area (Å²) in [6.45, 7) is 2.13. The molecule has 0 saturated carbocycles. The number of nitrogen functional groups attached to an aromatic ring is 1. The average Bonchev–Trinajstić information content (AvgIpc) is 3.08. The topological polar surface area (TPSA) is 66.0 Å². The Balaban J connectivity index is 2.20. The van der Waals surface area contributed by atoms with E-state index in [1.54, 1.807) is 24.5 Å². The van der Waals surface area contributed by atoms with Crippen molar-refractivity contribution in [1.82, 2.24) is 14.5 Å². The van der Waals surface area contributed by atoms with Gasteiger partial charge in [-0.15, -0.1) is 11.3 Å². The van der Waals surface area contributed by atoms with Gasteiger partial charge in [0.1, 0.15) is 5.52 Å². The second-order valence-electron chi connectivity index (χ2n) is 4.48. The molecule has 0 aliphatic carbocycles. The van der Waals surface area contributed by atoms with Crippen molar-refractivity contribution in [3.05, 3.63) is 34.5 Å². The molecule has 0 aliphatic heterocycles. The summed E-state index contributed by atoms with van der Waals surface area (Å²) < 4.78 is 7.19. The van der Waals surface area contributed by atoms with Crippen LogP contribution in [0.15, 0.2) is 29.6 Å². The van der Waals surface area contributed by atoms with E-state index in [-0.39, 0.29) is 6.04 Å². The van der Waals surface area contributed by atoms with Crippen LogP contribution >= 0.6 is 11.3 Å².